The Hall–Kier alpha value is -1.51. The number of aryl methyl sites for hydroxylation is 1. The second kappa shape index (κ2) is 7.48. The van der Waals surface area contributed by atoms with E-state index in [0.717, 1.165) is 42.6 Å². The van der Waals surface area contributed by atoms with Crippen LogP contribution in [0.2, 0.25) is 0 Å². The van der Waals surface area contributed by atoms with Crippen LogP contribution in [0.25, 0.3) is 0 Å². The van der Waals surface area contributed by atoms with Crippen LogP contribution >= 0.6 is 0 Å². The van der Waals surface area contributed by atoms with Crippen molar-refractivity contribution in [2.45, 2.75) is 59.0 Å². The molecule has 0 radical (unpaired) electrons. The van der Waals surface area contributed by atoms with E-state index in [9.17, 15) is 0 Å². The Labute approximate surface area is 128 Å². The van der Waals surface area contributed by atoms with Crippen molar-refractivity contribution in [1.29, 1.82) is 0 Å². The molecule has 1 aliphatic rings. The van der Waals surface area contributed by atoms with E-state index in [1.54, 1.807) is 0 Å². The lowest BCUT2D eigenvalue weighted by atomic mass is 9.80. The number of rotatable bonds is 5. The van der Waals surface area contributed by atoms with Gasteiger partial charge in [-0.05, 0) is 68.6 Å². The van der Waals surface area contributed by atoms with E-state index in [0.29, 0.717) is 6.10 Å². The molecule has 0 spiro atoms. The second-order valence-electron chi connectivity index (χ2n) is 6.49. The Bertz CT molecular complexity index is 467. The number of oxime groups is 1. The Morgan fingerprint density at radius 2 is 1.90 bits per heavy atom. The molecule has 3 heteroatoms. The molecule has 1 aromatic carbocycles. The van der Waals surface area contributed by atoms with Crippen LogP contribution < -0.4 is 4.74 Å². The highest BCUT2D eigenvalue weighted by Crippen LogP contribution is 2.31. The minimum atomic E-state index is 0.366. The maximum absolute atomic E-state index is 8.65. The zero-order valence-electron chi connectivity index (χ0n) is 13.4. The van der Waals surface area contributed by atoms with Gasteiger partial charge in [0.1, 0.15) is 5.75 Å². The van der Waals surface area contributed by atoms with Crippen LogP contribution in [-0.4, -0.2) is 17.0 Å². The lowest BCUT2D eigenvalue weighted by Gasteiger charge is -2.32. The van der Waals surface area contributed by atoms with Crippen LogP contribution in [0.3, 0.4) is 0 Å². The molecule has 0 amide bonds. The summed E-state index contributed by atoms with van der Waals surface area (Å²) in [6, 6.07) is 8.33. The zero-order chi connectivity index (χ0) is 15.2. The number of benzene rings is 1. The van der Waals surface area contributed by atoms with Crippen LogP contribution in [0, 0.1) is 11.8 Å². The van der Waals surface area contributed by atoms with Gasteiger partial charge in [0, 0.05) is 0 Å². The van der Waals surface area contributed by atoms with Crippen molar-refractivity contribution in [2.75, 3.05) is 0 Å². The van der Waals surface area contributed by atoms with Gasteiger partial charge < -0.3 is 9.94 Å². The molecule has 2 rings (SSSR count). The Morgan fingerprint density at radius 1 is 1.19 bits per heavy atom. The van der Waals surface area contributed by atoms with Crippen molar-refractivity contribution >= 4 is 5.71 Å². The third-order valence-corrected chi connectivity index (χ3v) is 4.72. The fourth-order valence-corrected chi connectivity index (χ4v) is 2.91. The highest BCUT2D eigenvalue weighted by Gasteiger charge is 2.25. The van der Waals surface area contributed by atoms with Gasteiger partial charge in [0.2, 0.25) is 0 Å². The lowest BCUT2D eigenvalue weighted by molar-refractivity contribution is 0.101. The van der Waals surface area contributed by atoms with Gasteiger partial charge in [-0.2, -0.15) is 0 Å². The first-order valence-electron chi connectivity index (χ1n) is 8.01. The van der Waals surface area contributed by atoms with Crippen molar-refractivity contribution < 1.29 is 9.94 Å². The minimum absolute atomic E-state index is 0.366. The predicted molar refractivity (Wildman–Crippen MR) is 86.3 cm³/mol. The van der Waals surface area contributed by atoms with Gasteiger partial charge in [-0.1, -0.05) is 31.1 Å². The molecule has 1 fully saturated rings. The molecule has 1 aromatic rings. The number of hydrogen-bond donors (Lipinski definition) is 1. The van der Waals surface area contributed by atoms with Gasteiger partial charge in [0.25, 0.3) is 0 Å². The van der Waals surface area contributed by atoms with Gasteiger partial charge in [-0.25, -0.2) is 0 Å². The SMILES string of the molecule is CC(CCc1ccc(OC2CCC(C)C(C)C2)cc1)=NO. The maximum atomic E-state index is 8.65. The van der Waals surface area contributed by atoms with E-state index in [2.05, 4.69) is 43.3 Å². The fraction of sp³-hybridized carbons (Fsp3) is 0.611. The zero-order valence-corrected chi connectivity index (χ0v) is 13.4. The summed E-state index contributed by atoms with van der Waals surface area (Å²) in [5.41, 5.74) is 2.01. The van der Waals surface area contributed by atoms with Crippen molar-refractivity contribution in [2.24, 2.45) is 17.0 Å². The monoisotopic (exact) mass is 289 g/mol. The number of ether oxygens (including phenoxy) is 1. The maximum Gasteiger partial charge on any atom is 0.119 e. The summed E-state index contributed by atoms with van der Waals surface area (Å²) in [6.07, 6.45) is 5.65. The topological polar surface area (TPSA) is 41.8 Å². The molecule has 116 valence electrons. The average molecular weight is 289 g/mol. The molecule has 3 atom stereocenters. The largest absolute Gasteiger partial charge is 0.490 e. The van der Waals surface area contributed by atoms with E-state index in [-0.39, 0.29) is 0 Å². The third-order valence-electron chi connectivity index (χ3n) is 4.72. The van der Waals surface area contributed by atoms with Crippen LogP contribution in [0.5, 0.6) is 5.75 Å². The highest BCUT2D eigenvalue weighted by molar-refractivity contribution is 5.81. The summed E-state index contributed by atoms with van der Waals surface area (Å²) < 4.78 is 6.11. The van der Waals surface area contributed by atoms with Crippen molar-refractivity contribution in [3.05, 3.63) is 29.8 Å². The molecule has 0 bridgehead atoms. The van der Waals surface area contributed by atoms with E-state index in [1.807, 2.05) is 6.92 Å². The quantitative estimate of drug-likeness (QED) is 0.486. The van der Waals surface area contributed by atoms with Crippen LogP contribution in [0.4, 0.5) is 0 Å². The molecular formula is C18H27NO2. The van der Waals surface area contributed by atoms with Crippen LogP contribution in [0.15, 0.2) is 29.4 Å². The summed E-state index contributed by atoms with van der Waals surface area (Å²) in [7, 11) is 0. The number of nitrogens with zero attached hydrogens (tertiary/aromatic N) is 1. The van der Waals surface area contributed by atoms with Gasteiger partial charge in [0.15, 0.2) is 0 Å². The standard InChI is InChI=1S/C18H27NO2/c1-13-4-9-18(12-14(13)2)21-17-10-7-16(8-11-17)6-5-15(3)19-20/h7-8,10-11,13-14,18,20H,4-6,9,12H2,1-3H3. The fourth-order valence-electron chi connectivity index (χ4n) is 2.91. The van der Waals surface area contributed by atoms with Gasteiger partial charge in [-0.3, -0.25) is 0 Å². The summed E-state index contributed by atoms with van der Waals surface area (Å²) >= 11 is 0. The Balaban J connectivity index is 1.85. The third kappa shape index (κ3) is 4.76. The van der Waals surface area contributed by atoms with E-state index < -0.39 is 0 Å². The molecule has 0 saturated heterocycles. The molecular weight excluding hydrogens is 262 g/mol. The van der Waals surface area contributed by atoms with E-state index in [1.165, 1.54) is 18.4 Å². The molecule has 0 aliphatic heterocycles. The van der Waals surface area contributed by atoms with E-state index in [4.69, 9.17) is 9.94 Å². The molecule has 1 N–H and O–H groups in total. The predicted octanol–water partition coefficient (Wildman–Crippen LogP) is 4.67. The smallest absolute Gasteiger partial charge is 0.119 e. The lowest BCUT2D eigenvalue weighted by Crippen LogP contribution is -2.28. The van der Waals surface area contributed by atoms with Gasteiger partial charge in [0.05, 0.1) is 11.8 Å². The first-order valence-corrected chi connectivity index (χ1v) is 8.01. The second-order valence-corrected chi connectivity index (χ2v) is 6.49. The van der Waals surface area contributed by atoms with Crippen LogP contribution in [-0.2, 0) is 6.42 Å². The number of hydrogen-bond acceptors (Lipinski definition) is 3. The van der Waals surface area contributed by atoms with E-state index >= 15 is 0 Å². The molecule has 3 nitrogen and oxygen atoms in total. The molecule has 0 heterocycles. The first kappa shape index (κ1) is 15.9. The summed E-state index contributed by atoms with van der Waals surface area (Å²) in [5.74, 6) is 2.55. The summed E-state index contributed by atoms with van der Waals surface area (Å²) in [6.45, 7) is 6.50. The normalized spacial score (nSPS) is 26.6. The molecule has 1 saturated carbocycles. The molecule has 0 aromatic heterocycles. The minimum Gasteiger partial charge on any atom is -0.490 e. The summed E-state index contributed by atoms with van der Waals surface area (Å²) in [5, 5.41) is 11.9. The van der Waals surface area contributed by atoms with Gasteiger partial charge in [-0.15, -0.1) is 0 Å². The Morgan fingerprint density at radius 3 is 2.52 bits per heavy atom. The highest BCUT2D eigenvalue weighted by atomic mass is 16.5. The first-order chi connectivity index (χ1) is 10.1. The molecule has 1 aliphatic carbocycles. The van der Waals surface area contributed by atoms with Crippen molar-refractivity contribution in [3.63, 3.8) is 0 Å². The molecule has 3 unspecified atom stereocenters. The average Bonchev–Trinajstić information content (AvgIpc) is 2.50. The summed E-state index contributed by atoms with van der Waals surface area (Å²) in [4.78, 5) is 0. The molecule has 21 heavy (non-hydrogen) atoms. The van der Waals surface area contributed by atoms with Gasteiger partial charge >= 0.3 is 0 Å². The van der Waals surface area contributed by atoms with Crippen molar-refractivity contribution in [3.8, 4) is 5.75 Å². The Kier molecular flexibility index (Phi) is 5.66. The van der Waals surface area contributed by atoms with Crippen LogP contribution in [0.1, 0.15) is 52.0 Å². The van der Waals surface area contributed by atoms with Crippen molar-refractivity contribution in [1.82, 2.24) is 0 Å².